The van der Waals surface area contributed by atoms with Crippen LogP contribution in [0.25, 0.3) is 6.08 Å². The molecular formula is C17H12Cl3NO3. The molecule has 0 spiro atoms. The molecule has 0 saturated carbocycles. The average Bonchev–Trinajstić information content (AvgIpc) is 2.54. The number of hydrogen-bond acceptors (Lipinski definition) is 3. The van der Waals surface area contributed by atoms with Crippen LogP contribution in [0.3, 0.4) is 0 Å². The molecule has 0 aliphatic rings. The number of ether oxygens (including phenoxy) is 1. The Hall–Kier alpha value is -2.01. The van der Waals surface area contributed by atoms with Crippen molar-refractivity contribution in [3.8, 4) is 0 Å². The van der Waals surface area contributed by atoms with Gasteiger partial charge in [0.15, 0.2) is 6.61 Å². The summed E-state index contributed by atoms with van der Waals surface area (Å²) in [5.41, 5.74) is 1.17. The number of nitrogens with one attached hydrogen (secondary N) is 1. The summed E-state index contributed by atoms with van der Waals surface area (Å²) in [4.78, 5) is 23.3. The third-order valence-corrected chi connectivity index (χ3v) is 3.65. The molecule has 0 aromatic heterocycles. The zero-order valence-corrected chi connectivity index (χ0v) is 14.5. The number of carbonyl (C=O) groups excluding carboxylic acids is 2. The lowest BCUT2D eigenvalue weighted by atomic mass is 10.2. The van der Waals surface area contributed by atoms with Gasteiger partial charge in [0, 0.05) is 26.8 Å². The lowest BCUT2D eigenvalue weighted by Crippen LogP contribution is -2.20. The van der Waals surface area contributed by atoms with Crippen molar-refractivity contribution in [1.29, 1.82) is 0 Å². The summed E-state index contributed by atoms with van der Waals surface area (Å²) >= 11 is 17.5. The van der Waals surface area contributed by atoms with Crippen molar-refractivity contribution in [1.82, 2.24) is 0 Å². The molecule has 0 unspecified atom stereocenters. The predicted octanol–water partition coefficient (Wildman–Crippen LogP) is 4.84. The number of carbonyl (C=O) groups is 2. The first-order valence-corrected chi connectivity index (χ1v) is 7.93. The first-order valence-electron chi connectivity index (χ1n) is 6.79. The summed E-state index contributed by atoms with van der Waals surface area (Å²) in [6, 6.07) is 11.5. The summed E-state index contributed by atoms with van der Waals surface area (Å²) in [6.45, 7) is -0.403. The van der Waals surface area contributed by atoms with Crippen LogP contribution in [-0.4, -0.2) is 18.5 Å². The first kappa shape index (κ1) is 18.3. The lowest BCUT2D eigenvalue weighted by molar-refractivity contribution is -0.142. The molecule has 0 atom stereocenters. The SMILES string of the molecule is O=C(COC(=O)/C=C/c1ccc(Cl)cc1Cl)Nc1ccc(Cl)cc1. The number of esters is 1. The van der Waals surface area contributed by atoms with E-state index in [-0.39, 0.29) is 0 Å². The Balaban J connectivity index is 1.83. The van der Waals surface area contributed by atoms with Gasteiger partial charge in [0.1, 0.15) is 0 Å². The maximum atomic E-state index is 11.7. The highest BCUT2D eigenvalue weighted by Gasteiger charge is 2.06. The molecule has 0 heterocycles. The smallest absolute Gasteiger partial charge is 0.331 e. The number of halogens is 3. The van der Waals surface area contributed by atoms with E-state index in [1.54, 1.807) is 42.5 Å². The van der Waals surface area contributed by atoms with Gasteiger partial charge in [0.2, 0.25) is 0 Å². The number of anilines is 1. The van der Waals surface area contributed by atoms with Crippen LogP contribution in [0.4, 0.5) is 5.69 Å². The Bertz CT molecular complexity index is 773. The Kier molecular flexibility index (Phi) is 6.67. The Morgan fingerprint density at radius 3 is 2.33 bits per heavy atom. The minimum Gasteiger partial charge on any atom is -0.452 e. The van der Waals surface area contributed by atoms with Crippen molar-refractivity contribution in [2.24, 2.45) is 0 Å². The van der Waals surface area contributed by atoms with Gasteiger partial charge in [0.05, 0.1) is 0 Å². The van der Waals surface area contributed by atoms with E-state index in [1.807, 2.05) is 0 Å². The van der Waals surface area contributed by atoms with Crippen LogP contribution >= 0.6 is 34.8 Å². The van der Waals surface area contributed by atoms with Crippen molar-refractivity contribution < 1.29 is 14.3 Å². The minimum absolute atomic E-state index is 0.403. The quantitative estimate of drug-likeness (QED) is 0.592. The van der Waals surface area contributed by atoms with E-state index in [4.69, 9.17) is 39.5 Å². The summed E-state index contributed by atoms with van der Waals surface area (Å²) in [5, 5.41) is 4.05. The molecular weight excluding hydrogens is 373 g/mol. The Morgan fingerprint density at radius 2 is 1.67 bits per heavy atom. The standard InChI is InChI=1S/C17H12Cl3NO3/c18-12-4-6-14(7-5-12)21-16(22)10-24-17(23)8-2-11-1-3-13(19)9-15(11)20/h1-9H,10H2,(H,21,22)/b8-2+. The second-order valence-corrected chi connectivity index (χ2v) is 5.94. The molecule has 124 valence electrons. The molecule has 0 saturated heterocycles. The van der Waals surface area contributed by atoms with E-state index in [1.165, 1.54) is 12.2 Å². The van der Waals surface area contributed by atoms with Crippen LogP contribution in [-0.2, 0) is 14.3 Å². The van der Waals surface area contributed by atoms with Crippen molar-refractivity contribution in [2.75, 3.05) is 11.9 Å². The number of rotatable bonds is 5. The molecule has 0 bridgehead atoms. The molecule has 0 fully saturated rings. The monoisotopic (exact) mass is 383 g/mol. The molecule has 1 amide bonds. The summed E-state index contributed by atoms with van der Waals surface area (Å²) in [7, 11) is 0. The summed E-state index contributed by atoms with van der Waals surface area (Å²) < 4.78 is 4.85. The fourth-order valence-electron chi connectivity index (χ4n) is 1.71. The van der Waals surface area contributed by atoms with E-state index in [9.17, 15) is 9.59 Å². The van der Waals surface area contributed by atoms with E-state index in [2.05, 4.69) is 5.32 Å². The highest BCUT2D eigenvalue weighted by molar-refractivity contribution is 6.35. The molecule has 2 rings (SSSR count). The average molecular weight is 385 g/mol. The molecule has 0 aliphatic carbocycles. The minimum atomic E-state index is -0.660. The highest BCUT2D eigenvalue weighted by Crippen LogP contribution is 2.22. The lowest BCUT2D eigenvalue weighted by Gasteiger charge is -2.05. The van der Waals surface area contributed by atoms with Gasteiger partial charge in [-0.15, -0.1) is 0 Å². The third kappa shape index (κ3) is 5.89. The highest BCUT2D eigenvalue weighted by atomic mass is 35.5. The van der Waals surface area contributed by atoms with Gasteiger partial charge >= 0.3 is 5.97 Å². The van der Waals surface area contributed by atoms with E-state index < -0.39 is 18.5 Å². The van der Waals surface area contributed by atoms with Gasteiger partial charge in [-0.1, -0.05) is 40.9 Å². The van der Waals surface area contributed by atoms with E-state index >= 15 is 0 Å². The second kappa shape index (κ2) is 8.73. The number of amides is 1. The first-order chi connectivity index (χ1) is 11.4. The fraction of sp³-hybridized carbons (Fsp3) is 0.0588. The predicted molar refractivity (Wildman–Crippen MR) is 96.5 cm³/mol. The topological polar surface area (TPSA) is 55.4 Å². The largest absolute Gasteiger partial charge is 0.452 e. The van der Waals surface area contributed by atoms with Crippen molar-refractivity contribution >= 4 is 58.4 Å². The van der Waals surface area contributed by atoms with E-state index in [0.29, 0.717) is 26.3 Å². The molecule has 24 heavy (non-hydrogen) atoms. The Morgan fingerprint density at radius 1 is 1.00 bits per heavy atom. The van der Waals surface area contributed by atoms with Crippen molar-refractivity contribution in [2.45, 2.75) is 0 Å². The van der Waals surface area contributed by atoms with Crippen LogP contribution in [0.15, 0.2) is 48.5 Å². The van der Waals surface area contributed by atoms with Crippen LogP contribution in [0.5, 0.6) is 0 Å². The normalized spacial score (nSPS) is 10.6. The summed E-state index contributed by atoms with van der Waals surface area (Å²) in [5.74, 6) is -1.11. The Labute approximate surface area is 154 Å². The van der Waals surface area contributed by atoms with Crippen LogP contribution in [0.1, 0.15) is 5.56 Å². The molecule has 2 aromatic rings. The number of benzene rings is 2. The zero-order valence-electron chi connectivity index (χ0n) is 12.3. The van der Waals surface area contributed by atoms with Crippen LogP contribution in [0.2, 0.25) is 15.1 Å². The molecule has 7 heteroatoms. The van der Waals surface area contributed by atoms with Gasteiger partial charge in [-0.2, -0.15) is 0 Å². The maximum Gasteiger partial charge on any atom is 0.331 e. The second-order valence-electron chi connectivity index (χ2n) is 4.66. The van der Waals surface area contributed by atoms with Gasteiger partial charge in [-0.05, 0) is 48.0 Å². The van der Waals surface area contributed by atoms with Crippen LogP contribution < -0.4 is 5.32 Å². The van der Waals surface area contributed by atoms with Gasteiger partial charge in [0.25, 0.3) is 5.91 Å². The van der Waals surface area contributed by atoms with Gasteiger partial charge in [-0.3, -0.25) is 4.79 Å². The van der Waals surface area contributed by atoms with Gasteiger partial charge in [-0.25, -0.2) is 4.79 Å². The van der Waals surface area contributed by atoms with Crippen LogP contribution in [0, 0.1) is 0 Å². The molecule has 2 aromatic carbocycles. The van der Waals surface area contributed by atoms with E-state index in [0.717, 1.165) is 0 Å². The maximum absolute atomic E-state index is 11.7. The fourth-order valence-corrected chi connectivity index (χ4v) is 2.31. The zero-order chi connectivity index (χ0) is 17.5. The van der Waals surface area contributed by atoms with Crippen molar-refractivity contribution in [3.05, 3.63) is 69.2 Å². The number of hydrogen-bond donors (Lipinski definition) is 1. The third-order valence-electron chi connectivity index (χ3n) is 2.83. The molecule has 1 N–H and O–H groups in total. The molecule has 0 radical (unpaired) electrons. The van der Waals surface area contributed by atoms with Crippen molar-refractivity contribution in [3.63, 3.8) is 0 Å². The molecule has 4 nitrogen and oxygen atoms in total. The summed E-state index contributed by atoms with van der Waals surface area (Å²) in [6.07, 6.45) is 2.67. The van der Waals surface area contributed by atoms with Gasteiger partial charge < -0.3 is 10.1 Å². The molecule has 0 aliphatic heterocycles.